The van der Waals surface area contributed by atoms with Crippen LogP contribution in [0.4, 0.5) is 0 Å². The van der Waals surface area contributed by atoms with Crippen molar-refractivity contribution >= 4 is 11.6 Å². The third-order valence-electron chi connectivity index (χ3n) is 3.77. The standard InChI is InChI=1S/C14H19ClN2O/c15-11-3-4-14-10(6-11)7-13(18-14)9-17-5-1-2-12(16)8-17/h3-4,6,12-13H,1-2,5,7-9,16H2. The normalized spacial score (nSPS) is 27.9. The van der Waals surface area contributed by atoms with Gasteiger partial charge in [0.1, 0.15) is 11.9 Å². The van der Waals surface area contributed by atoms with Gasteiger partial charge >= 0.3 is 0 Å². The van der Waals surface area contributed by atoms with Crippen molar-refractivity contribution in [3.63, 3.8) is 0 Å². The van der Waals surface area contributed by atoms with Crippen LogP contribution in [0.2, 0.25) is 5.02 Å². The van der Waals surface area contributed by atoms with Gasteiger partial charge in [0.05, 0.1) is 0 Å². The number of likely N-dealkylation sites (tertiary alicyclic amines) is 1. The van der Waals surface area contributed by atoms with E-state index in [9.17, 15) is 0 Å². The van der Waals surface area contributed by atoms with Gasteiger partial charge in [0.15, 0.2) is 0 Å². The molecule has 0 saturated carbocycles. The lowest BCUT2D eigenvalue weighted by atomic mass is 10.1. The molecule has 2 N–H and O–H groups in total. The van der Waals surface area contributed by atoms with E-state index in [1.54, 1.807) is 0 Å². The highest BCUT2D eigenvalue weighted by Crippen LogP contribution is 2.31. The maximum Gasteiger partial charge on any atom is 0.123 e. The van der Waals surface area contributed by atoms with Crippen LogP contribution in [-0.2, 0) is 6.42 Å². The third-order valence-corrected chi connectivity index (χ3v) is 4.00. The van der Waals surface area contributed by atoms with E-state index in [-0.39, 0.29) is 6.10 Å². The second-order valence-corrected chi connectivity index (χ2v) is 5.79. The van der Waals surface area contributed by atoms with E-state index in [1.807, 2.05) is 18.2 Å². The summed E-state index contributed by atoms with van der Waals surface area (Å²) < 4.78 is 5.96. The Morgan fingerprint density at radius 2 is 2.33 bits per heavy atom. The van der Waals surface area contributed by atoms with E-state index in [4.69, 9.17) is 22.1 Å². The Balaban J connectivity index is 1.60. The van der Waals surface area contributed by atoms with Crippen molar-refractivity contribution in [3.05, 3.63) is 28.8 Å². The van der Waals surface area contributed by atoms with Crippen LogP contribution in [0.15, 0.2) is 18.2 Å². The molecule has 1 aromatic carbocycles. The van der Waals surface area contributed by atoms with Gasteiger partial charge in [0.25, 0.3) is 0 Å². The molecule has 0 amide bonds. The predicted molar refractivity (Wildman–Crippen MR) is 73.2 cm³/mol. The molecule has 18 heavy (non-hydrogen) atoms. The minimum atomic E-state index is 0.253. The SMILES string of the molecule is NC1CCCN(CC2Cc3cc(Cl)ccc3O2)C1. The Hall–Kier alpha value is -0.770. The van der Waals surface area contributed by atoms with Gasteiger partial charge in [-0.25, -0.2) is 0 Å². The van der Waals surface area contributed by atoms with Crippen molar-refractivity contribution in [1.82, 2.24) is 4.90 Å². The van der Waals surface area contributed by atoms with E-state index in [0.29, 0.717) is 6.04 Å². The zero-order chi connectivity index (χ0) is 12.5. The molecule has 4 heteroatoms. The number of fused-ring (bicyclic) bond motifs is 1. The monoisotopic (exact) mass is 266 g/mol. The van der Waals surface area contributed by atoms with Gasteiger partial charge < -0.3 is 10.5 Å². The largest absolute Gasteiger partial charge is 0.488 e. The van der Waals surface area contributed by atoms with Crippen LogP contribution in [0, 0.1) is 0 Å². The first-order chi connectivity index (χ1) is 8.70. The molecule has 3 nitrogen and oxygen atoms in total. The van der Waals surface area contributed by atoms with Crippen LogP contribution in [0.25, 0.3) is 0 Å². The Morgan fingerprint density at radius 3 is 3.17 bits per heavy atom. The van der Waals surface area contributed by atoms with Gasteiger partial charge in [-0.1, -0.05) is 11.6 Å². The van der Waals surface area contributed by atoms with Crippen molar-refractivity contribution in [1.29, 1.82) is 0 Å². The van der Waals surface area contributed by atoms with Crippen molar-refractivity contribution in [2.75, 3.05) is 19.6 Å². The summed E-state index contributed by atoms with van der Waals surface area (Å²) in [6.45, 7) is 3.11. The van der Waals surface area contributed by atoms with Crippen molar-refractivity contribution in [2.45, 2.75) is 31.4 Å². The van der Waals surface area contributed by atoms with Gasteiger partial charge in [0, 0.05) is 30.6 Å². The summed E-state index contributed by atoms with van der Waals surface area (Å²) in [5, 5.41) is 0.790. The van der Waals surface area contributed by atoms with E-state index >= 15 is 0 Å². The summed E-state index contributed by atoms with van der Waals surface area (Å²) >= 11 is 6.00. The Kier molecular flexibility index (Phi) is 3.46. The van der Waals surface area contributed by atoms with Crippen LogP contribution in [0.1, 0.15) is 18.4 Å². The predicted octanol–water partition coefficient (Wildman–Crippen LogP) is 2.07. The topological polar surface area (TPSA) is 38.5 Å². The first-order valence-corrected chi connectivity index (χ1v) is 7.01. The highest BCUT2D eigenvalue weighted by molar-refractivity contribution is 6.30. The van der Waals surface area contributed by atoms with Crippen LogP contribution < -0.4 is 10.5 Å². The van der Waals surface area contributed by atoms with Crippen molar-refractivity contribution < 1.29 is 4.74 Å². The zero-order valence-corrected chi connectivity index (χ0v) is 11.2. The number of hydrogen-bond acceptors (Lipinski definition) is 3. The number of ether oxygens (including phenoxy) is 1. The lowest BCUT2D eigenvalue weighted by Crippen LogP contribution is -2.46. The molecule has 2 unspecified atom stereocenters. The third kappa shape index (κ3) is 2.63. The van der Waals surface area contributed by atoms with Gasteiger partial charge in [-0.05, 0) is 43.1 Å². The fourth-order valence-electron chi connectivity index (χ4n) is 2.94. The molecule has 2 heterocycles. The Labute approximate surface area is 113 Å². The maximum absolute atomic E-state index is 6.00. The van der Waals surface area contributed by atoms with Crippen LogP contribution >= 0.6 is 11.6 Å². The fraction of sp³-hybridized carbons (Fsp3) is 0.571. The summed E-state index contributed by atoms with van der Waals surface area (Å²) in [6.07, 6.45) is 3.57. The number of benzene rings is 1. The molecule has 1 saturated heterocycles. The number of nitrogens with two attached hydrogens (primary N) is 1. The molecule has 98 valence electrons. The smallest absolute Gasteiger partial charge is 0.123 e. The second kappa shape index (κ2) is 5.08. The molecule has 0 aliphatic carbocycles. The van der Waals surface area contributed by atoms with Gasteiger partial charge in [-0.15, -0.1) is 0 Å². The van der Waals surface area contributed by atoms with E-state index < -0.39 is 0 Å². The van der Waals surface area contributed by atoms with E-state index in [0.717, 1.165) is 43.2 Å². The van der Waals surface area contributed by atoms with E-state index in [2.05, 4.69) is 4.90 Å². The van der Waals surface area contributed by atoms with Crippen LogP contribution in [0.5, 0.6) is 5.75 Å². The summed E-state index contributed by atoms with van der Waals surface area (Å²) in [4.78, 5) is 2.42. The number of piperidine rings is 1. The molecule has 0 aromatic heterocycles. The Bertz CT molecular complexity index is 438. The Morgan fingerprint density at radius 1 is 1.44 bits per heavy atom. The zero-order valence-electron chi connectivity index (χ0n) is 10.4. The molecular formula is C14H19ClN2O. The number of hydrogen-bond donors (Lipinski definition) is 1. The van der Waals surface area contributed by atoms with Gasteiger partial charge in [-0.2, -0.15) is 0 Å². The molecule has 0 spiro atoms. The molecule has 2 aliphatic heterocycles. The van der Waals surface area contributed by atoms with Crippen molar-refractivity contribution in [2.24, 2.45) is 5.73 Å². The summed E-state index contributed by atoms with van der Waals surface area (Å²) in [7, 11) is 0. The molecule has 3 rings (SSSR count). The average molecular weight is 267 g/mol. The molecular weight excluding hydrogens is 248 g/mol. The molecule has 2 atom stereocenters. The lowest BCUT2D eigenvalue weighted by Gasteiger charge is -2.32. The number of rotatable bonds is 2. The summed E-state index contributed by atoms with van der Waals surface area (Å²) in [5.41, 5.74) is 7.23. The quantitative estimate of drug-likeness (QED) is 0.891. The molecule has 2 aliphatic rings. The van der Waals surface area contributed by atoms with Gasteiger partial charge in [0.2, 0.25) is 0 Å². The number of halogens is 1. The minimum Gasteiger partial charge on any atom is -0.488 e. The summed E-state index contributed by atoms with van der Waals surface area (Å²) in [5.74, 6) is 0.991. The second-order valence-electron chi connectivity index (χ2n) is 5.36. The van der Waals surface area contributed by atoms with Crippen LogP contribution in [-0.4, -0.2) is 36.7 Å². The average Bonchev–Trinajstić information content (AvgIpc) is 2.70. The van der Waals surface area contributed by atoms with E-state index in [1.165, 1.54) is 12.0 Å². The molecule has 0 radical (unpaired) electrons. The number of nitrogens with zero attached hydrogens (tertiary/aromatic N) is 1. The maximum atomic E-state index is 6.00. The first-order valence-electron chi connectivity index (χ1n) is 6.64. The highest BCUT2D eigenvalue weighted by Gasteiger charge is 2.26. The lowest BCUT2D eigenvalue weighted by molar-refractivity contribution is 0.127. The van der Waals surface area contributed by atoms with Crippen LogP contribution in [0.3, 0.4) is 0 Å². The molecule has 1 aromatic rings. The first kappa shape index (κ1) is 12.3. The van der Waals surface area contributed by atoms with Crippen molar-refractivity contribution in [3.8, 4) is 5.75 Å². The van der Waals surface area contributed by atoms with Gasteiger partial charge in [-0.3, -0.25) is 4.90 Å². The highest BCUT2D eigenvalue weighted by atomic mass is 35.5. The fourth-order valence-corrected chi connectivity index (χ4v) is 3.13. The molecule has 0 bridgehead atoms. The molecule has 1 fully saturated rings. The summed E-state index contributed by atoms with van der Waals surface area (Å²) in [6, 6.07) is 6.20. The minimum absolute atomic E-state index is 0.253.